The van der Waals surface area contributed by atoms with E-state index >= 15 is 0 Å². The van der Waals surface area contributed by atoms with Crippen LogP contribution in [0.2, 0.25) is 0 Å². The van der Waals surface area contributed by atoms with Gasteiger partial charge < -0.3 is 15.2 Å². The minimum atomic E-state index is -0.277. The Balaban J connectivity index is 1.79. The molecule has 2 atom stereocenters. The van der Waals surface area contributed by atoms with E-state index < -0.39 is 0 Å². The van der Waals surface area contributed by atoms with Crippen molar-refractivity contribution in [3.63, 3.8) is 0 Å². The summed E-state index contributed by atoms with van der Waals surface area (Å²) in [6, 6.07) is 11.7. The van der Waals surface area contributed by atoms with Gasteiger partial charge in [0.05, 0.1) is 13.2 Å². The summed E-state index contributed by atoms with van der Waals surface area (Å²) < 4.78 is 24.0. The summed E-state index contributed by atoms with van der Waals surface area (Å²) in [6.45, 7) is 0. The van der Waals surface area contributed by atoms with Crippen LogP contribution in [0.1, 0.15) is 17.2 Å². The molecule has 0 amide bonds. The SMILES string of the molecule is COc1ccc2c(c1)C(N)C(Oc1ccc(F)cc1)C2. The topological polar surface area (TPSA) is 44.5 Å². The van der Waals surface area contributed by atoms with Gasteiger partial charge in [-0.2, -0.15) is 0 Å². The van der Waals surface area contributed by atoms with E-state index in [4.69, 9.17) is 15.2 Å². The lowest BCUT2D eigenvalue weighted by Crippen LogP contribution is -2.27. The second kappa shape index (κ2) is 5.13. The van der Waals surface area contributed by atoms with Crippen LogP contribution in [0.3, 0.4) is 0 Å². The van der Waals surface area contributed by atoms with Gasteiger partial charge in [0, 0.05) is 6.42 Å². The van der Waals surface area contributed by atoms with Crippen LogP contribution in [0.15, 0.2) is 42.5 Å². The molecule has 2 aromatic rings. The summed E-state index contributed by atoms with van der Waals surface area (Å²) >= 11 is 0. The van der Waals surface area contributed by atoms with Crippen molar-refractivity contribution in [3.8, 4) is 11.5 Å². The molecule has 0 aromatic heterocycles. The van der Waals surface area contributed by atoms with Gasteiger partial charge in [0.15, 0.2) is 0 Å². The van der Waals surface area contributed by atoms with Crippen LogP contribution in [0.4, 0.5) is 4.39 Å². The van der Waals surface area contributed by atoms with Gasteiger partial charge in [0.1, 0.15) is 23.4 Å². The van der Waals surface area contributed by atoms with Crippen molar-refractivity contribution >= 4 is 0 Å². The van der Waals surface area contributed by atoms with Crippen LogP contribution in [0.25, 0.3) is 0 Å². The first-order valence-corrected chi connectivity index (χ1v) is 6.52. The largest absolute Gasteiger partial charge is 0.497 e. The van der Waals surface area contributed by atoms with E-state index in [9.17, 15) is 4.39 Å². The monoisotopic (exact) mass is 273 g/mol. The summed E-state index contributed by atoms with van der Waals surface area (Å²) in [5.74, 6) is 1.15. The molecule has 4 heteroatoms. The molecule has 3 rings (SSSR count). The zero-order valence-electron chi connectivity index (χ0n) is 11.2. The molecule has 0 saturated heterocycles. The average Bonchev–Trinajstić information content (AvgIpc) is 2.77. The fourth-order valence-electron chi connectivity index (χ4n) is 2.54. The van der Waals surface area contributed by atoms with Gasteiger partial charge in [-0.15, -0.1) is 0 Å². The molecule has 0 bridgehead atoms. The predicted molar refractivity (Wildman–Crippen MR) is 74.4 cm³/mol. The summed E-state index contributed by atoms with van der Waals surface area (Å²) in [7, 11) is 1.63. The van der Waals surface area contributed by atoms with Crippen molar-refractivity contribution in [2.24, 2.45) is 5.73 Å². The molecule has 2 aromatic carbocycles. The highest BCUT2D eigenvalue weighted by atomic mass is 19.1. The Bertz CT molecular complexity index is 612. The van der Waals surface area contributed by atoms with Crippen LogP contribution in [-0.4, -0.2) is 13.2 Å². The molecule has 0 aliphatic heterocycles. The molecule has 104 valence electrons. The van der Waals surface area contributed by atoms with Crippen molar-refractivity contribution in [2.45, 2.75) is 18.6 Å². The van der Waals surface area contributed by atoms with Crippen molar-refractivity contribution < 1.29 is 13.9 Å². The van der Waals surface area contributed by atoms with E-state index in [0.717, 1.165) is 17.7 Å². The third kappa shape index (κ3) is 2.34. The van der Waals surface area contributed by atoms with Crippen molar-refractivity contribution in [1.82, 2.24) is 0 Å². The van der Waals surface area contributed by atoms with Gasteiger partial charge in [-0.1, -0.05) is 6.07 Å². The number of halogens is 1. The van der Waals surface area contributed by atoms with Gasteiger partial charge >= 0.3 is 0 Å². The molecule has 3 nitrogen and oxygen atoms in total. The number of hydrogen-bond acceptors (Lipinski definition) is 3. The molecule has 0 saturated carbocycles. The van der Waals surface area contributed by atoms with Crippen LogP contribution >= 0.6 is 0 Å². The highest BCUT2D eigenvalue weighted by molar-refractivity contribution is 5.42. The van der Waals surface area contributed by atoms with Crippen LogP contribution in [-0.2, 0) is 6.42 Å². The summed E-state index contributed by atoms with van der Waals surface area (Å²) in [5, 5.41) is 0. The molecular weight excluding hydrogens is 257 g/mol. The van der Waals surface area contributed by atoms with Crippen LogP contribution < -0.4 is 15.2 Å². The molecule has 0 radical (unpaired) electrons. The lowest BCUT2D eigenvalue weighted by atomic mass is 10.1. The average molecular weight is 273 g/mol. The summed E-state index contributed by atoms with van der Waals surface area (Å²) in [6.07, 6.45) is 0.611. The third-order valence-electron chi connectivity index (χ3n) is 3.63. The fraction of sp³-hybridized carbons (Fsp3) is 0.250. The first-order valence-electron chi connectivity index (χ1n) is 6.52. The summed E-state index contributed by atoms with van der Waals surface area (Å²) in [5.41, 5.74) is 8.46. The van der Waals surface area contributed by atoms with Gasteiger partial charge in [-0.05, 0) is 47.5 Å². The maximum Gasteiger partial charge on any atom is 0.123 e. The number of rotatable bonds is 3. The van der Waals surface area contributed by atoms with E-state index in [1.54, 1.807) is 19.2 Å². The zero-order valence-corrected chi connectivity index (χ0v) is 11.2. The number of hydrogen-bond donors (Lipinski definition) is 1. The van der Waals surface area contributed by atoms with Crippen molar-refractivity contribution in [2.75, 3.05) is 7.11 Å². The standard InChI is InChI=1S/C16H16FNO2/c1-19-13-5-2-10-8-15(16(18)14(10)9-13)20-12-6-3-11(17)4-7-12/h2-7,9,15-16H,8,18H2,1H3. The van der Waals surface area contributed by atoms with Gasteiger partial charge in [-0.3, -0.25) is 0 Å². The quantitative estimate of drug-likeness (QED) is 0.935. The van der Waals surface area contributed by atoms with Gasteiger partial charge in [-0.25, -0.2) is 4.39 Å². The normalized spacial score (nSPS) is 20.6. The lowest BCUT2D eigenvalue weighted by molar-refractivity contribution is 0.185. The lowest BCUT2D eigenvalue weighted by Gasteiger charge is -2.18. The van der Waals surface area contributed by atoms with Crippen molar-refractivity contribution in [3.05, 3.63) is 59.4 Å². The Labute approximate surface area is 117 Å². The predicted octanol–water partition coefficient (Wildman–Crippen LogP) is 2.84. The minimum absolute atomic E-state index is 0.137. The molecule has 2 unspecified atom stereocenters. The fourth-order valence-corrected chi connectivity index (χ4v) is 2.54. The van der Waals surface area contributed by atoms with E-state index in [1.165, 1.54) is 17.7 Å². The van der Waals surface area contributed by atoms with Gasteiger partial charge in [0.2, 0.25) is 0 Å². The van der Waals surface area contributed by atoms with Crippen molar-refractivity contribution in [1.29, 1.82) is 0 Å². The molecular formula is C16H16FNO2. The maximum atomic E-state index is 12.9. The number of benzene rings is 2. The van der Waals surface area contributed by atoms with E-state index in [1.807, 2.05) is 18.2 Å². The number of ether oxygens (including phenoxy) is 2. The highest BCUT2D eigenvalue weighted by Crippen LogP contribution is 2.34. The second-order valence-corrected chi connectivity index (χ2v) is 4.90. The Morgan fingerprint density at radius 3 is 2.50 bits per heavy atom. The zero-order chi connectivity index (χ0) is 14.1. The highest BCUT2D eigenvalue weighted by Gasteiger charge is 2.31. The second-order valence-electron chi connectivity index (χ2n) is 4.90. The first-order chi connectivity index (χ1) is 9.67. The first kappa shape index (κ1) is 12.9. The Kier molecular flexibility index (Phi) is 3.32. The number of fused-ring (bicyclic) bond motifs is 1. The molecule has 2 N–H and O–H groups in total. The molecule has 20 heavy (non-hydrogen) atoms. The smallest absolute Gasteiger partial charge is 0.123 e. The maximum absolute atomic E-state index is 12.9. The van der Waals surface area contributed by atoms with E-state index in [-0.39, 0.29) is 18.0 Å². The molecule has 0 spiro atoms. The number of methoxy groups -OCH3 is 1. The Morgan fingerprint density at radius 2 is 1.80 bits per heavy atom. The molecule has 1 aliphatic carbocycles. The Morgan fingerprint density at radius 1 is 1.10 bits per heavy atom. The molecule has 1 aliphatic rings. The summed E-state index contributed by atoms with van der Waals surface area (Å²) in [4.78, 5) is 0. The number of nitrogens with two attached hydrogens (primary N) is 1. The Hall–Kier alpha value is -2.07. The van der Waals surface area contributed by atoms with Crippen LogP contribution in [0.5, 0.6) is 11.5 Å². The minimum Gasteiger partial charge on any atom is -0.497 e. The van der Waals surface area contributed by atoms with Crippen LogP contribution in [0, 0.1) is 5.82 Å². The van der Waals surface area contributed by atoms with E-state index in [0.29, 0.717) is 5.75 Å². The van der Waals surface area contributed by atoms with Gasteiger partial charge in [0.25, 0.3) is 0 Å². The molecule has 0 heterocycles. The van der Waals surface area contributed by atoms with E-state index in [2.05, 4.69) is 0 Å². The third-order valence-corrected chi connectivity index (χ3v) is 3.63. The molecule has 0 fully saturated rings.